The minimum atomic E-state index is -0.632. The minimum Gasteiger partial charge on any atom is -0.467 e. The van der Waals surface area contributed by atoms with Crippen molar-refractivity contribution in [2.24, 2.45) is 0 Å². The molecule has 0 radical (unpaired) electrons. The maximum absolute atomic E-state index is 12.1. The first-order valence-corrected chi connectivity index (χ1v) is 6.84. The van der Waals surface area contributed by atoms with E-state index in [9.17, 15) is 9.90 Å². The highest BCUT2D eigenvalue weighted by Crippen LogP contribution is 2.28. The number of aliphatic hydroxyl groups is 1. The van der Waals surface area contributed by atoms with E-state index in [1.807, 2.05) is 4.90 Å². The Balaban J connectivity index is 1.91. The van der Waals surface area contributed by atoms with Gasteiger partial charge in [0.2, 0.25) is 5.91 Å². The molecule has 1 amide bonds. The highest BCUT2D eigenvalue weighted by Gasteiger charge is 2.30. The lowest BCUT2D eigenvalue weighted by atomic mass is 10.0. The lowest BCUT2D eigenvalue weighted by Crippen LogP contribution is -2.36. The first-order chi connectivity index (χ1) is 9.22. The molecule has 19 heavy (non-hydrogen) atoms. The molecule has 1 aromatic heterocycles. The number of hydrogen-bond donors (Lipinski definition) is 1. The highest BCUT2D eigenvalue weighted by molar-refractivity contribution is 5.77. The largest absolute Gasteiger partial charge is 0.467 e. The summed E-state index contributed by atoms with van der Waals surface area (Å²) in [7, 11) is 0. The molecule has 2 atom stereocenters. The quantitative estimate of drug-likeness (QED) is 0.803. The van der Waals surface area contributed by atoms with E-state index >= 15 is 0 Å². The molecule has 1 aromatic rings. The number of aliphatic hydroxyl groups excluding tert-OH is 1. The molecule has 0 bridgehead atoms. The number of hydrogen-bond acceptors (Lipinski definition) is 3. The van der Waals surface area contributed by atoms with Gasteiger partial charge in [0.25, 0.3) is 0 Å². The average molecular weight is 263 g/mol. The Morgan fingerprint density at radius 1 is 1.68 bits per heavy atom. The van der Waals surface area contributed by atoms with Gasteiger partial charge >= 0.3 is 0 Å². The SMILES string of the molecule is C=CCCC(=O)N1CCCC1CC(O)c1ccco1. The molecule has 1 aliphatic rings. The van der Waals surface area contributed by atoms with E-state index in [2.05, 4.69) is 6.58 Å². The van der Waals surface area contributed by atoms with Crippen LogP contribution in [0.4, 0.5) is 0 Å². The molecule has 2 rings (SSSR count). The second-order valence-electron chi connectivity index (χ2n) is 4.98. The molecule has 1 aliphatic heterocycles. The van der Waals surface area contributed by atoms with Gasteiger partial charge in [-0.15, -0.1) is 6.58 Å². The Morgan fingerprint density at radius 2 is 2.53 bits per heavy atom. The zero-order valence-corrected chi connectivity index (χ0v) is 11.1. The van der Waals surface area contributed by atoms with Crippen molar-refractivity contribution in [3.05, 3.63) is 36.8 Å². The fourth-order valence-corrected chi connectivity index (χ4v) is 2.63. The minimum absolute atomic E-state index is 0.123. The number of amides is 1. The summed E-state index contributed by atoms with van der Waals surface area (Å²) in [5, 5.41) is 10.1. The number of nitrogens with zero attached hydrogens (tertiary/aromatic N) is 1. The van der Waals surface area contributed by atoms with Crippen LogP contribution in [-0.2, 0) is 4.79 Å². The van der Waals surface area contributed by atoms with Crippen molar-refractivity contribution in [2.75, 3.05) is 6.54 Å². The molecule has 2 unspecified atom stereocenters. The van der Waals surface area contributed by atoms with E-state index in [1.54, 1.807) is 24.5 Å². The highest BCUT2D eigenvalue weighted by atomic mass is 16.4. The van der Waals surface area contributed by atoms with Crippen LogP contribution < -0.4 is 0 Å². The van der Waals surface area contributed by atoms with E-state index in [-0.39, 0.29) is 11.9 Å². The number of allylic oxidation sites excluding steroid dienone is 1. The Morgan fingerprint density at radius 3 is 3.21 bits per heavy atom. The topological polar surface area (TPSA) is 53.7 Å². The van der Waals surface area contributed by atoms with Crippen LogP contribution in [0.1, 0.15) is 44.0 Å². The molecule has 1 saturated heterocycles. The van der Waals surface area contributed by atoms with E-state index in [0.29, 0.717) is 25.0 Å². The van der Waals surface area contributed by atoms with E-state index in [4.69, 9.17) is 4.42 Å². The van der Waals surface area contributed by atoms with Crippen LogP contribution in [0, 0.1) is 0 Å². The number of carbonyl (C=O) groups is 1. The third kappa shape index (κ3) is 3.47. The zero-order chi connectivity index (χ0) is 13.7. The average Bonchev–Trinajstić information content (AvgIpc) is 3.06. The molecular formula is C15H21NO3. The van der Waals surface area contributed by atoms with Gasteiger partial charge in [-0.1, -0.05) is 6.08 Å². The fourth-order valence-electron chi connectivity index (χ4n) is 2.63. The van der Waals surface area contributed by atoms with Gasteiger partial charge in [-0.25, -0.2) is 0 Å². The van der Waals surface area contributed by atoms with Gasteiger partial charge < -0.3 is 14.4 Å². The molecule has 4 heteroatoms. The maximum atomic E-state index is 12.1. The summed E-state index contributed by atoms with van der Waals surface area (Å²) in [5.74, 6) is 0.736. The Bertz CT molecular complexity index is 413. The van der Waals surface area contributed by atoms with Crippen molar-refractivity contribution in [3.63, 3.8) is 0 Å². The molecule has 104 valence electrons. The Kier molecular flexibility index (Phi) is 4.80. The second kappa shape index (κ2) is 6.57. The van der Waals surface area contributed by atoms with Crippen LogP contribution in [0.3, 0.4) is 0 Å². The fraction of sp³-hybridized carbons (Fsp3) is 0.533. The van der Waals surface area contributed by atoms with E-state index < -0.39 is 6.10 Å². The number of furan rings is 1. The van der Waals surface area contributed by atoms with Crippen molar-refractivity contribution in [1.82, 2.24) is 4.90 Å². The lowest BCUT2D eigenvalue weighted by Gasteiger charge is -2.26. The zero-order valence-electron chi connectivity index (χ0n) is 11.1. The van der Waals surface area contributed by atoms with E-state index in [1.165, 1.54) is 0 Å². The van der Waals surface area contributed by atoms with Gasteiger partial charge in [0.05, 0.1) is 6.26 Å². The van der Waals surface area contributed by atoms with Gasteiger partial charge in [-0.3, -0.25) is 4.79 Å². The normalized spacial score (nSPS) is 20.5. The smallest absolute Gasteiger partial charge is 0.223 e. The van der Waals surface area contributed by atoms with Crippen LogP contribution in [0.25, 0.3) is 0 Å². The summed E-state index contributed by atoms with van der Waals surface area (Å²) < 4.78 is 5.20. The number of rotatable bonds is 6. The molecule has 4 nitrogen and oxygen atoms in total. The third-order valence-electron chi connectivity index (χ3n) is 3.63. The van der Waals surface area contributed by atoms with Crippen molar-refractivity contribution < 1.29 is 14.3 Å². The van der Waals surface area contributed by atoms with Crippen LogP contribution in [0.2, 0.25) is 0 Å². The number of likely N-dealkylation sites (tertiary alicyclic amines) is 1. The molecule has 1 N–H and O–H groups in total. The van der Waals surface area contributed by atoms with Crippen LogP contribution in [0.15, 0.2) is 35.5 Å². The molecule has 0 saturated carbocycles. The summed E-state index contributed by atoms with van der Waals surface area (Å²) in [6, 6.07) is 3.65. The molecular weight excluding hydrogens is 242 g/mol. The summed E-state index contributed by atoms with van der Waals surface area (Å²) in [6.07, 6.45) is 6.42. The van der Waals surface area contributed by atoms with Gasteiger partial charge in [-0.05, 0) is 31.4 Å². The Hall–Kier alpha value is -1.55. The number of carbonyl (C=O) groups excluding carboxylic acids is 1. The third-order valence-corrected chi connectivity index (χ3v) is 3.63. The van der Waals surface area contributed by atoms with Crippen molar-refractivity contribution >= 4 is 5.91 Å². The van der Waals surface area contributed by atoms with Crippen LogP contribution in [-0.4, -0.2) is 28.5 Å². The molecule has 1 fully saturated rings. The van der Waals surface area contributed by atoms with Crippen LogP contribution >= 0.6 is 0 Å². The van der Waals surface area contributed by atoms with Crippen molar-refractivity contribution in [3.8, 4) is 0 Å². The monoisotopic (exact) mass is 263 g/mol. The summed E-state index contributed by atoms with van der Waals surface area (Å²) in [4.78, 5) is 14.0. The van der Waals surface area contributed by atoms with Crippen molar-refractivity contribution in [2.45, 2.75) is 44.2 Å². The lowest BCUT2D eigenvalue weighted by molar-refractivity contribution is -0.132. The second-order valence-corrected chi connectivity index (χ2v) is 4.98. The van der Waals surface area contributed by atoms with Gasteiger partial charge in [0.1, 0.15) is 11.9 Å². The molecule has 0 aliphatic carbocycles. The Labute approximate surface area is 113 Å². The predicted octanol–water partition coefficient (Wildman–Crippen LogP) is 2.66. The molecule has 2 heterocycles. The first kappa shape index (κ1) is 13.9. The van der Waals surface area contributed by atoms with E-state index in [0.717, 1.165) is 19.4 Å². The summed E-state index contributed by atoms with van der Waals surface area (Å²) >= 11 is 0. The predicted molar refractivity (Wildman–Crippen MR) is 72.5 cm³/mol. The van der Waals surface area contributed by atoms with Gasteiger partial charge in [-0.2, -0.15) is 0 Å². The summed E-state index contributed by atoms with van der Waals surface area (Å²) in [6.45, 7) is 4.43. The molecule has 0 aromatic carbocycles. The summed E-state index contributed by atoms with van der Waals surface area (Å²) in [5.41, 5.74) is 0. The first-order valence-electron chi connectivity index (χ1n) is 6.84. The van der Waals surface area contributed by atoms with Crippen LogP contribution in [0.5, 0.6) is 0 Å². The van der Waals surface area contributed by atoms with Crippen molar-refractivity contribution in [1.29, 1.82) is 0 Å². The van der Waals surface area contributed by atoms with Gasteiger partial charge in [0.15, 0.2) is 0 Å². The molecule has 0 spiro atoms. The maximum Gasteiger partial charge on any atom is 0.223 e. The van der Waals surface area contributed by atoms with Gasteiger partial charge in [0, 0.05) is 25.4 Å². The standard InChI is InChI=1S/C15H21NO3/c1-2-3-8-15(18)16-9-4-6-12(16)11-13(17)14-7-5-10-19-14/h2,5,7,10,12-13,17H,1,3-4,6,8-9,11H2.